The third-order valence-electron chi connectivity index (χ3n) is 3.45. The highest BCUT2D eigenvalue weighted by Gasteiger charge is 2.30. The second kappa shape index (κ2) is 5.55. The number of hydrogen-bond acceptors (Lipinski definition) is 4. The number of nitrogens with zero attached hydrogens (tertiary/aromatic N) is 1. The van der Waals surface area contributed by atoms with Crippen molar-refractivity contribution in [3.63, 3.8) is 0 Å². The van der Waals surface area contributed by atoms with Crippen LogP contribution in [0.1, 0.15) is 5.56 Å². The molecule has 0 fully saturated rings. The van der Waals surface area contributed by atoms with Crippen LogP contribution < -0.4 is 16.1 Å². The van der Waals surface area contributed by atoms with Crippen molar-refractivity contribution in [2.45, 2.75) is 6.18 Å². The summed E-state index contributed by atoms with van der Waals surface area (Å²) in [5, 5.41) is 0.107. The van der Waals surface area contributed by atoms with Crippen LogP contribution in [0.25, 0.3) is 16.7 Å². The zero-order chi connectivity index (χ0) is 17.5. The molecule has 1 heterocycles. The van der Waals surface area contributed by atoms with Crippen LogP contribution in [0.3, 0.4) is 0 Å². The van der Waals surface area contributed by atoms with Crippen molar-refractivity contribution in [3.8, 4) is 11.4 Å². The molecule has 0 aliphatic heterocycles. The van der Waals surface area contributed by atoms with E-state index in [4.69, 9.17) is 9.15 Å². The molecule has 0 aliphatic carbocycles. The zero-order valence-corrected chi connectivity index (χ0v) is 12.3. The first kappa shape index (κ1) is 15.9. The molecule has 0 amide bonds. The average Bonchev–Trinajstić information content (AvgIpc) is 2.54. The number of rotatable bonds is 2. The van der Waals surface area contributed by atoms with Crippen molar-refractivity contribution >= 4 is 11.0 Å². The molecule has 3 rings (SSSR count). The van der Waals surface area contributed by atoms with E-state index in [0.29, 0.717) is 10.3 Å². The molecule has 0 spiro atoms. The molecular formula is C16H10F3NO4. The lowest BCUT2D eigenvalue weighted by Crippen LogP contribution is -2.31. The van der Waals surface area contributed by atoms with Gasteiger partial charge < -0.3 is 9.15 Å². The van der Waals surface area contributed by atoms with Gasteiger partial charge >= 0.3 is 11.9 Å². The van der Waals surface area contributed by atoms with Crippen LogP contribution in [0.15, 0.2) is 56.5 Å². The van der Waals surface area contributed by atoms with Gasteiger partial charge in [0.15, 0.2) is 0 Å². The molecule has 0 saturated carbocycles. The fourth-order valence-electron chi connectivity index (χ4n) is 2.26. The number of alkyl halides is 3. The zero-order valence-electron chi connectivity index (χ0n) is 12.3. The number of ether oxygens (including phenoxy) is 1. The maximum absolute atomic E-state index is 12.6. The van der Waals surface area contributed by atoms with Gasteiger partial charge in [-0.1, -0.05) is 0 Å². The van der Waals surface area contributed by atoms with Crippen LogP contribution in [0.2, 0.25) is 0 Å². The van der Waals surface area contributed by atoms with Crippen molar-refractivity contribution in [2.24, 2.45) is 0 Å². The Bertz CT molecular complexity index is 1020. The maximum atomic E-state index is 12.6. The van der Waals surface area contributed by atoms with Gasteiger partial charge in [-0.25, -0.2) is 9.36 Å². The van der Waals surface area contributed by atoms with Gasteiger partial charge in [0.05, 0.1) is 23.7 Å². The van der Waals surface area contributed by atoms with Crippen LogP contribution in [-0.4, -0.2) is 11.7 Å². The molecule has 0 saturated heterocycles. The van der Waals surface area contributed by atoms with Crippen molar-refractivity contribution in [3.05, 3.63) is 68.9 Å². The molecule has 8 heteroatoms. The van der Waals surface area contributed by atoms with Gasteiger partial charge in [0.2, 0.25) is 0 Å². The number of methoxy groups -OCH3 is 1. The van der Waals surface area contributed by atoms with E-state index in [1.54, 1.807) is 0 Å². The molecule has 0 N–H and O–H groups in total. The van der Waals surface area contributed by atoms with Gasteiger partial charge in [0, 0.05) is 6.07 Å². The summed E-state index contributed by atoms with van der Waals surface area (Å²) in [6, 6.07) is 7.97. The van der Waals surface area contributed by atoms with E-state index >= 15 is 0 Å². The van der Waals surface area contributed by atoms with Crippen LogP contribution in [0, 0.1) is 0 Å². The van der Waals surface area contributed by atoms with E-state index in [1.165, 1.54) is 25.3 Å². The lowest BCUT2D eigenvalue weighted by Gasteiger charge is -2.09. The van der Waals surface area contributed by atoms with Gasteiger partial charge in [-0.05, 0) is 36.4 Å². The lowest BCUT2D eigenvalue weighted by atomic mass is 10.2. The number of halogens is 3. The fourth-order valence-corrected chi connectivity index (χ4v) is 2.26. The molecule has 0 bridgehead atoms. The second-order valence-corrected chi connectivity index (χ2v) is 4.92. The van der Waals surface area contributed by atoms with E-state index < -0.39 is 23.1 Å². The minimum atomic E-state index is -4.51. The minimum Gasteiger partial charge on any atom is -0.497 e. The highest BCUT2D eigenvalue weighted by molar-refractivity contribution is 5.77. The number of fused-ring (bicyclic) bond motifs is 1. The molecule has 24 heavy (non-hydrogen) atoms. The highest BCUT2D eigenvalue weighted by atomic mass is 19.4. The fraction of sp³-hybridized carbons (Fsp3) is 0.125. The van der Waals surface area contributed by atoms with Crippen LogP contribution in [0.5, 0.6) is 5.75 Å². The van der Waals surface area contributed by atoms with Gasteiger partial charge in [-0.2, -0.15) is 13.2 Å². The SMILES string of the molecule is COc1ccc2c(=O)n(-c3ccc(C(F)(F)F)cc3)c(=O)oc2c1. The Morgan fingerprint density at radius 1 is 1.04 bits per heavy atom. The van der Waals surface area contributed by atoms with E-state index in [9.17, 15) is 22.8 Å². The number of benzene rings is 2. The predicted octanol–water partition coefficient (Wildman–Crippen LogP) is 2.97. The Morgan fingerprint density at radius 3 is 2.29 bits per heavy atom. The summed E-state index contributed by atoms with van der Waals surface area (Å²) in [5.41, 5.74) is -1.55. The standard InChI is InChI=1S/C16H10F3NO4/c1-23-11-6-7-12-13(8-11)24-15(22)20(14(12)21)10-4-2-9(3-5-10)16(17,18)19/h2-8H,1H3. The smallest absolute Gasteiger partial charge is 0.426 e. The summed E-state index contributed by atoms with van der Waals surface area (Å²) in [5.74, 6) is -0.599. The Balaban J connectivity index is 2.20. The number of aromatic nitrogens is 1. The van der Waals surface area contributed by atoms with E-state index in [1.807, 2.05) is 0 Å². The molecule has 1 aromatic heterocycles. The summed E-state index contributed by atoms with van der Waals surface area (Å²) in [4.78, 5) is 24.5. The van der Waals surface area contributed by atoms with E-state index in [2.05, 4.69) is 0 Å². The van der Waals surface area contributed by atoms with Crippen LogP contribution in [0.4, 0.5) is 13.2 Å². The third kappa shape index (κ3) is 2.66. The summed E-state index contributed by atoms with van der Waals surface area (Å²) in [7, 11) is 1.42. The molecule has 5 nitrogen and oxygen atoms in total. The third-order valence-corrected chi connectivity index (χ3v) is 3.45. The molecule has 0 atom stereocenters. The Hall–Kier alpha value is -3.03. The predicted molar refractivity (Wildman–Crippen MR) is 79.6 cm³/mol. The molecular weight excluding hydrogens is 327 g/mol. The average molecular weight is 337 g/mol. The summed E-state index contributed by atoms with van der Waals surface area (Å²) in [6.45, 7) is 0. The number of hydrogen-bond donors (Lipinski definition) is 0. The van der Waals surface area contributed by atoms with Crippen molar-refractivity contribution in [2.75, 3.05) is 7.11 Å². The first-order valence-corrected chi connectivity index (χ1v) is 6.73. The van der Waals surface area contributed by atoms with Gasteiger partial charge in [-0.15, -0.1) is 0 Å². The van der Waals surface area contributed by atoms with Crippen molar-refractivity contribution in [1.29, 1.82) is 0 Å². The first-order valence-electron chi connectivity index (χ1n) is 6.73. The Kier molecular flexibility index (Phi) is 3.67. The molecule has 0 radical (unpaired) electrons. The second-order valence-electron chi connectivity index (χ2n) is 4.92. The highest BCUT2D eigenvalue weighted by Crippen LogP contribution is 2.29. The Labute approximate surface area is 132 Å². The molecule has 124 valence electrons. The topological polar surface area (TPSA) is 61.4 Å². The molecule has 2 aromatic carbocycles. The van der Waals surface area contributed by atoms with Crippen LogP contribution >= 0.6 is 0 Å². The monoisotopic (exact) mass is 337 g/mol. The summed E-state index contributed by atoms with van der Waals surface area (Å²) < 4.78 is 48.5. The Morgan fingerprint density at radius 2 is 1.71 bits per heavy atom. The first-order chi connectivity index (χ1) is 11.3. The molecule has 0 aliphatic rings. The molecule has 3 aromatic rings. The maximum Gasteiger partial charge on any atom is 0.426 e. The van der Waals surface area contributed by atoms with Gasteiger partial charge in [-0.3, -0.25) is 4.79 Å². The molecule has 0 unspecified atom stereocenters. The van der Waals surface area contributed by atoms with Crippen LogP contribution in [-0.2, 0) is 6.18 Å². The van der Waals surface area contributed by atoms with E-state index in [0.717, 1.165) is 24.3 Å². The summed E-state index contributed by atoms with van der Waals surface area (Å²) in [6.07, 6.45) is -4.51. The van der Waals surface area contributed by atoms with Gasteiger partial charge in [0.1, 0.15) is 11.3 Å². The minimum absolute atomic E-state index is 0.0144. The van der Waals surface area contributed by atoms with Gasteiger partial charge in [0.25, 0.3) is 5.56 Å². The normalized spacial score (nSPS) is 11.7. The van der Waals surface area contributed by atoms with Crippen molar-refractivity contribution in [1.82, 2.24) is 4.57 Å². The largest absolute Gasteiger partial charge is 0.497 e. The quantitative estimate of drug-likeness (QED) is 0.721. The summed E-state index contributed by atoms with van der Waals surface area (Å²) >= 11 is 0. The van der Waals surface area contributed by atoms with E-state index in [-0.39, 0.29) is 16.7 Å². The lowest BCUT2D eigenvalue weighted by molar-refractivity contribution is -0.137. The van der Waals surface area contributed by atoms with Crippen molar-refractivity contribution < 1.29 is 22.3 Å².